The fourth-order valence-corrected chi connectivity index (χ4v) is 3.65. The zero-order valence-corrected chi connectivity index (χ0v) is 16.4. The van der Waals surface area contributed by atoms with E-state index in [1.54, 1.807) is 31.2 Å². The lowest BCUT2D eigenvalue weighted by molar-refractivity contribution is -0.113. The molecule has 28 heavy (non-hydrogen) atoms. The number of rotatable bonds is 6. The standard InChI is InChI=1S/C21H19N3O3S/c1-14-7-9-16(10-8-14)21-24-19(15(2)27-21)12-28(26)13-20(25)23-18-6-4-3-5-17(18)11-22/h3-10H,12-13H2,1-2H3,(H,23,25). The van der Waals surface area contributed by atoms with Crippen LogP contribution < -0.4 is 5.32 Å². The van der Waals surface area contributed by atoms with Crippen LogP contribution in [-0.2, 0) is 21.7 Å². The van der Waals surface area contributed by atoms with Crippen molar-refractivity contribution >= 4 is 22.8 Å². The van der Waals surface area contributed by atoms with E-state index in [0.717, 1.165) is 11.1 Å². The largest absolute Gasteiger partial charge is 0.616 e. The molecular formula is C21H19N3O3S. The number of hydrogen-bond donors (Lipinski definition) is 1. The minimum Gasteiger partial charge on any atom is -0.616 e. The van der Waals surface area contributed by atoms with Crippen molar-refractivity contribution in [2.75, 3.05) is 11.1 Å². The molecule has 2 aromatic carbocycles. The zero-order chi connectivity index (χ0) is 20.1. The highest BCUT2D eigenvalue weighted by Crippen LogP contribution is 2.23. The summed E-state index contributed by atoms with van der Waals surface area (Å²) in [5, 5.41) is 11.7. The minimum atomic E-state index is -1.46. The SMILES string of the molecule is Cc1ccc(-c2nc(C[S+]([O-])CC(=O)Nc3ccccc3C#N)c(C)o2)cc1. The molecule has 0 aliphatic rings. The maximum atomic E-state index is 12.4. The second-order valence-corrected chi connectivity index (χ2v) is 7.78. The van der Waals surface area contributed by atoms with Gasteiger partial charge in [-0.05, 0) is 49.3 Å². The highest BCUT2D eigenvalue weighted by Gasteiger charge is 2.20. The summed E-state index contributed by atoms with van der Waals surface area (Å²) in [5.41, 5.74) is 3.32. The molecular weight excluding hydrogens is 374 g/mol. The molecule has 1 heterocycles. The predicted octanol–water partition coefficient (Wildman–Crippen LogP) is 3.72. The Morgan fingerprint density at radius 2 is 1.93 bits per heavy atom. The van der Waals surface area contributed by atoms with E-state index in [4.69, 9.17) is 9.68 Å². The van der Waals surface area contributed by atoms with Crippen LogP contribution in [0.3, 0.4) is 0 Å². The lowest BCUT2D eigenvalue weighted by Crippen LogP contribution is -2.24. The van der Waals surface area contributed by atoms with E-state index in [0.29, 0.717) is 28.6 Å². The summed E-state index contributed by atoms with van der Waals surface area (Å²) < 4.78 is 18.1. The van der Waals surface area contributed by atoms with Gasteiger partial charge in [0.2, 0.25) is 5.89 Å². The van der Waals surface area contributed by atoms with Gasteiger partial charge in [-0.3, -0.25) is 4.79 Å². The van der Waals surface area contributed by atoms with Gasteiger partial charge in [-0.1, -0.05) is 29.8 Å². The third-order valence-corrected chi connectivity index (χ3v) is 5.28. The van der Waals surface area contributed by atoms with Gasteiger partial charge in [0, 0.05) is 5.56 Å². The molecule has 0 fully saturated rings. The molecule has 0 aliphatic heterocycles. The Hall–Kier alpha value is -3.08. The van der Waals surface area contributed by atoms with Crippen LogP contribution in [0, 0.1) is 25.2 Å². The first kappa shape index (κ1) is 19.7. The van der Waals surface area contributed by atoms with Crippen molar-refractivity contribution in [1.29, 1.82) is 5.26 Å². The van der Waals surface area contributed by atoms with Gasteiger partial charge >= 0.3 is 0 Å². The average Bonchev–Trinajstić information content (AvgIpc) is 3.03. The Balaban J connectivity index is 1.63. The lowest BCUT2D eigenvalue weighted by Gasteiger charge is -2.10. The second-order valence-electron chi connectivity index (χ2n) is 6.32. The van der Waals surface area contributed by atoms with Gasteiger partial charge < -0.3 is 14.3 Å². The summed E-state index contributed by atoms with van der Waals surface area (Å²) in [6, 6.07) is 16.5. The van der Waals surface area contributed by atoms with Gasteiger partial charge in [-0.15, -0.1) is 0 Å². The molecule has 6 nitrogen and oxygen atoms in total. The number of benzene rings is 2. The molecule has 0 radical (unpaired) electrons. The van der Waals surface area contributed by atoms with Crippen molar-refractivity contribution in [3.63, 3.8) is 0 Å². The smallest absolute Gasteiger partial charge is 0.274 e. The Labute approximate surface area is 166 Å². The molecule has 3 rings (SSSR count). The van der Waals surface area contributed by atoms with Crippen molar-refractivity contribution in [3.05, 3.63) is 71.1 Å². The molecule has 142 valence electrons. The monoisotopic (exact) mass is 393 g/mol. The number of hydrogen-bond acceptors (Lipinski definition) is 5. The zero-order valence-electron chi connectivity index (χ0n) is 15.6. The van der Waals surface area contributed by atoms with Crippen LogP contribution in [-0.4, -0.2) is 21.2 Å². The van der Waals surface area contributed by atoms with Crippen molar-refractivity contribution in [2.24, 2.45) is 0 Å². The van der Waals surface area contributed by atoms with Gasteiger partial charge in [0.05, 0.1) is 11.3 Å². The van der Waals surface area contributed by atoms with Gasteiger partial charge in [0.15, 0.2) is 11.5 Å². The maximum absolute atomic E-state index is 12.4. The maximum Gasteiger partial charge on any atom is 0.274 e. The number of aryl methyl sites for hydroxylation is 2. The molecule has 1 atom stereocenters. The molecule has 0 bridgehead atoms. The van der Waals surface area contributed by atoms with Crippen LogP contribution in [0.1, 0.15) is 22.6 Å². The fraction of sp³-hybridized carbons (Fsp3) is 0.190. The summed E-state index contributed by atoms with van der Waals surface area (Å²) in [7, 11) is 0. The van der Waals surface area contributed by atoms with E-state index < -0.39 is 17.1 Å². The van der Waals surface area contributed by atoms with E-state index in [9.17, 15) is 9.35 Å². The van der Waals surface area contributed by atoms with E-state index in [-0.39, 0.29) is 11.5 Å². The molecule has 7 heteroatoms. The van der Waals surface area contributed by atoms with E-state index in [1.807, 2.05) is 37.3 Å². The Morgan fingerprint density at radius 1 is 1.21 bits per heavy atom. The lowest BCUT2D eigenvalue weighted by atomic mass is 10.1. The number of nitriles is 1. The van der Waals surface area contributed by atoms with Crippen molar-refractivity contribution in [3.8, 4) is 17.5 Å². The van der Waals surface area contributed by atoms with Gasteiger partial charge in [0.25, 0.3) is 5.91 Å². The fourth-order valence-electron chi connectivity index (χ4n) is 2.61. The summed E-state index contributed by atoms with van der Waals surface area (Å²) in [4.78, 5) is 16.6. The van der Waals surface area contributed by atoms with E-state index in [2.05, 4.69) is 10.3 Å². The van der Waals surface area contributed by atoms with E-state index >= 15 is 0 Å². The third kappa shape index (κ3) is 4.80. The molecule has 0 spiro atoms. The van der Waals surface area contributed by atoms with Gasteiger partial charge in [-0.25, -0.2) is 4.98 Å². The molecule has 0 saturated heterocycles. The summed E-state index contributed by atoms with van der Waals surface area (Å²) in [5.74, 6) is 0.567. The number of carbonyl (C=O) groups is 1. The van der Waals surface area contributed by atoms with Crippen LogP contribution >= 0.6 is 0 Å². The first-order valence-corrected chi connectivity index (χ1v) is 10.1. The van der Waals surface area contributed by atoms with Crippen LogP contribution in [0.15, 0.2) is 52.9 Å². The number of aromatic nitrogens is 1. The number of oxazole rings is 1. The predicted molar refractivity (Wildman–Crippen MR) is 108 cm³/mol. The Kier molecular flexibility index (Phi) is 6.14. The molecule has 3 aromatic rings. The molecule has 1 unspecified atom stereocenters. The van der Waals surface area contributed by atoms with Crippen LogP contribution in [0.4, 0.5) is 5.69 Å². The second kappa shape index (κ2) is 8.74. The van der Waals surface area contributed by atoms with Gasteiger partial charge in [0.1, 0.15) is 17.5 Å². The highest BCUT2D eigenvalue weighted by molar-refractivity contribution is 7.91. The Bertz CT molecular complexity index is 1020. The summed E-state index contributed by atoms with van der Waals surface area (Å²) >= 11 is -1.46. The number of amides is 1. The number of para-hydroxylation sites is 1. The number of nitrogens with zero attached hydrogens (tertiary/aromatic N) is 2. The normalized spacial score (nSPS) is 11.6. The number of carbonyl (C=O) groups excluding carboxylic acids is 1. The molecule has 0 saturated carbocycles. The molecule has 1 amide bonds. The third-order valence-electron chi connectivity index (χ3n) is 4.10. The highest BCUT2D eigenvalue weighted by atomic mass is 32.2. The van der Waals surface area contributed by atoms with Crippen molar-refractivity contribution in [2.45, 2.75) is 19.6 Å². The van der Waals surface area contributed by atoms with Crippen molar-refractivity contribution in [1.82, 2.24) is 4.98 Å². The van der Waals surface area contributed by atoms with Crippen LogP contribution in [0.25, 0.3) is 11.5 Å². The van der Waals surface area contributed by atoms with Crippen LogP contribution in [0.2, 0.25) is 0 Å². The molecule has 1 aromatic heterocycles. The summed E-state index contributed by atoms with van der Waals surface area (Å²) in [6.07, 6.45) is 0. The topological polar surface area (TPSA) is 102 Å². The average molecular weight is 393 g/mol. The first-order chi connectivity index (χ1) is 13.5. The van der Waals surface area contributed by atoms with Gasteiger partial charge in [-0.2, -0.15) is 5.26 Å². The Morgan fingerprint density at radius 3 is 2.64 bits per heavy atom. The quantitative estimate of drug-likeness (QED) is 0.643. The minimum absolute atomic E-state index is 0.120. The number of anilines is 1. The molecule has 0 aliphatic carbocycles. The van der Waals surface area contributed by atoms with Crippen LogP contribution in [0.5, 0.6) is 0 Å². The number of nitrogens with one attached hydrogen (secondary N) is 1. The first-order valence-electron chi connectivity index (χ1n) is 8.63. The van der Waals surface area contributed by atoms with E-state index in [1.165, 1.54) is 0 Å². The molecule has 1 N–H and O–H groups in total. The van der Waals surface area contributed by atoms with Crippen molar-refractivity contribution < 1.29 is 13.8 Å². The summed E-state index contributed by atoms with van der Waals surface area (Å²) in [6.45, 7) is 3.76.